The van der Waals surface area contributed by atoms with E-state index >= 15 is 0 Å². The lowest BCUT2D eigenvalue weighted by molar-refractivity contribution is -0.137. The van der Waals surface area contributed by atoms with E-state index in [0.29, 0.717) is 31.7 Å². The second-order valence-electron chi connectivity index (χ2n) is 6.70. The van der Waals surface area contributed by atoms with Crippen molar-refractivity contribution in [2.75, 3.05) is 36.4 Å². The number of carbonyl (C=O) groups is 1. The molecule has 0 spiro atoms. The van der Waals surface area contributed by atoms with E-state index in [0.717, 1.165) is 17.3 Å². The summed E-state index contributed by atoms with van der Waals surface area (Å²) >= 11 is 1.55. The lowest BCUT2D eigenvalue weighted by atomic mass is 10.1. The van der Waals surface area contributed by atoms with Gasteiger partial charge in [-0.1, -0.05) is 6.07 Å². The fourth-order valence-electron chi connectivity index (χ4n) is 3.23. The summed E-state index contributed by atoms with van der Waals surface area (Å²) in [5.74, 6) is 0.0144. The number of piperazine rings is 1. The molecule has 30 heavy (non-hydrogen) atoms. The maximum atomic E-state index is 13.1. The first-order valence-corrected chi connectivity index (χ1v) is 10.1. The van der Waals surface area contributed by atoms with Crippen LogP contribution < -0.4 is 10.2 Å². The highest BCUT2D eigenvalue weighted by atomic mass is 32.1. The molecule has 10 heteroatoms. The van der Waals surface area contributed by atoms with Gasteiger partial charge in [0.1, 0.15) is 5.82 Å². The third kappa shape index (κ3) is 4.38. The zero-order valence-electron chi connectivity index (χ0n) is 15.8. The number of nitrogens with zero attached hydrogens (tertiary/aromatic N) is 4. The van der Waals surface area contributed by atoms with Gasteiger partial charge in [-0.15, -0.1) is 11.3 Å². The van der Waals surface area contributed by atoms with Gasteiger partial charge in [0.25, 0.3) is 5.91 Å². The summed E-state index contributed by atoms with van der Waals surface area (Å²) in [4.78, 5) is 25.4. The molecule has 0 aliphatic carbocycles. The van der Waals surface area contributed by atoms with Crippen LogP contribution in [0.25, 0.3) is 0 Å². The van der Waals surface area contributed by atoms with Gasteiger partial charge in [-0.3, -0.25) is 4.79 Å². The lowest BCUT2D eigenvalue weighted by Crippen LogP contribution is -2.48. The summed E-state index contributed by atoms with van der Waals surface area (Å²) in [6.07, 6.45) is -1.20. The minimum absolute atomic E-state index is 0.212. The van der Waals surface area contributed by atoms with E-state index in [2.05, 4.69) is 20.2 Å². The Morgan fingerprint density at radius 3 is 2.53 bits per heavy atom. The van der Waals surface area contributed by atoms with Gasteiger partial charge in [0.05, 0.1) is 11.1 Å². The van der Waals surface area contributed by atoms with E-state index in [1.54, 1.807) is 34.6 Å². The number of nitrogens with one attached hydrogen (secondary N) is 1. The van der Waals surface area contributed by atoms with E-state index < -0.39 is 11.7 Å². The Kier molecular flexibility index (Phi) is 5.58. The predicted molar refractivity (Wildman–Crippen MR) is 109 cm³/mol. The molecular formula is C20H18F3N5OS. The number of hydrogen-bond acceptors (Lipinski definition) is 6. The van der Waals surface area contributed by atoms with Crippen LogP contribution in [0.1, 0.15) is 15.9 Å². The van der Waals surface area contributed by atoms with Gasteiger partial charge in [-0.05, 0) is 30.3 Å². The molecule has 3 heterocycles. The van der Waals surface area contributed by atoms with Crippen LogP contribution in [0, 0.1) is 0 Å². The van der Waals surface area contributed by atoms with Crippen molar-refractivity contribution in [2.24, 2.45) is 0 Å². The molecule has 0 unspecified atom stereocenters. The van der Waals surface area contributed by atoms with Gasteiger partial charge in [0.15, 0.2) is 5.13 Å². The standard InChI is InChI=1S/C20H18F3N5OS/c21-20(22,23)14-3-1-4-15(13-14)26-17-16(5-2-6-24-17)18(29)27-8-10-28(11-9-27)19-25-7-12-30-19/h1-7,12-13H,8-11H2,(H,24,26). The van der Waals surface area contributed by atoms with Gasteiger partial charge in [0, 0.05) is 49.6 Å². The number of thiazole rings is 1. The molecule has 1 amide bonds. The second kappa shape index (κ2) is 8.31. The van der Waals surface area contributed by atoms with Crippen LogP contribution >= 0.6 is 11.3 Å². The van der Waals surface area contributed by atoms with Crippen LogP contribution in [-0.4, -0.2) is 47.0 Å². The topological polar surface area (TPSA) is 61.4 Å². The van der Waals surface area contributed by atoms with Gasteiger partial charge in [0.2, 0.25) is 0 Å². The largest absolute Gasteiger partial charge is 0.416 e. The van der Waals surface area contributed by atoms with Crippen molar-refractivity contribution in [3.63, 3.8) is 0 Å². The molecule has 0 saturated carbocycles. The molecule has 156 valence electrons. The zero-order chi connectivity index (χ0) is 21.1. The number of carbonyl (C=O) groups excluding carboxylic acids is 1. The first-order chi connectivity index (χ1) is 14.4. The molecule has 0 bridgehead atoms. The van der Waals surface area contributed by atoms with Crippen molar-refractivity contribution in [2.45, 2.75) is 6.18 Å². The minimum atomic E-state index is -4.45. The minimum Gasteiger partial charge on any atom is -0.345 e. The fraction of sp³-hybridized carbons (Fsp3) is 0.250. The number of hydrogen-bond donors (Lipinski definition) is 1. The Morgan fingerprint density at radius 1 is 1.03 bits per heavy atom. The zero-order valence-corrected chi connectivity index (χ0v) is 16.6. The van der Waals surface area contributed by atoms with Crippen molar-refractivity contribution in [1.82, 2.24) is 14.9 Å². The molecule has 6 nitrogen and oxygen atoms in total. The molecule has 1 aromatic carbocycles. The van der Waals surface area contributed by atoms with Crippen LogP contribution in [0.5, 0.6) is 0 Å². The van der Waals surface area contributed by atoms with Crippen LogP contribution in [0.4, 0.5) is 29.8 Å². The summed E-state index contributed by atoms with van der Waals surface area (Å²) in [7, 11) is 0. The van der Waals surface area contributed by atoms with Crippen LogP contribution in [0.15, 0.2) is 54.2 Å². The van der Waals surface area contributed by atoms with E-state index in [9.17, 15) is 18.0 Å². The molecule has 4 rings (SSSR count). The van der Waals surface area contributed by atoms with E-state index in [1.165, 1.54) is 18.3 Å². The van der Waals surface area contributed by atoms with Gasteiger partial charge >= 0.3 is 6.18 Å². The Hall–Kier alpha value is -3.14. The van der Waals surface area contributed by atoms with Crippen molar-refractivity contribution >= 4 is 33.9 Å². The monoisotopic (exact) mass is 433 g/mol. The van der Waals surface area contributed by atoms with Crippen LogP contribution in [0.2, 0.25) is 0 Å². The predicted octanol–water partition coefficient (Wildman–Crippen LogP) is 4.26. The van der Waals surface area contributed by atoms with Crippen molar-refractivity contribution < 1.29 is 18.0 Å². The molecular weight excluding hydrogens is 415 g/mol. The summed E-state index contributed by atoms with van der Waals surface area (Å²) < 4.78 is 38.9. The number of benzene rings is 1. The molecule has 1 aliphatic rings. The summed E-state index contributed by atoms with van der Waals surface area (Å²) in [6, 6.07) is 8.07. The highest BCUT2D eigenvalue weighted by molar-refractivity contribution is 7.13. The number of halogens is 3. The van der Waals surface area contributed by atoms with E-state index in [-0.39, 0.29) is 17.4 Å². The molecule has 3 aromatic rings. The van der Waals surface area contributed by atoms with Crippen molar-refractivity contribution in [1.29, 1.82) is 0 Å². The van der Waals surface area contributed by atoms with Gasteiger partial charge in [-0.25, -0.2) is 9.97 Å². The molecule has 0 radical (unpaired) electrons. The number of pyridine rings is 1. The Morgan fingerprint density at radius 2 is 1.83 bits per heavy atom. The molecule has 1 aliphatic heterocycles. The maximum absolute atomic E-state index is 13.1. The second-order valence-corrected chi connectivity index (χ2v) is 7.57. The van der Waals surface area contributed by atoms with Gasteiger partial charge in [-0.2, -0.15) is 13.2 Å². The number of alkyl halides is 3. The molecule has 1 N–H and O–H groups in total. The lowest BCUT2D eigenvalue weighted by Gasteiger charge is -2.34. The number of rotatable bonds is 4. The van der Waals surface area contributed by atoms with Crippen LogP contribution in [0.3, 0.4) is 0 Å². The third-order valence-corrected chi connectivity index (χ3v) is 5.58. The Balaban J connectivity index is 1.49. The van der Waals surface area contributed by atoms with Gasteiger partial charge < -0.3 is 15.1 Å². The first-order valence-electron chi connectivity index (χ1n) is 9.25. The Bertz CT molecular complexity index is 1020. The quantitative estimate of drug-likeness (QED) is 0.666. The van der Waals surface area contributed by atoms with E-state index in [1.807, 2.05) is 5.38 Å². The number of amides is 1. The molecule has 1 saturated heterocycles. The van der Waals surface area contributed by atoms with Crippen LogP contribution in [-0.2, 0) is 6.18 Å². The average molecular weight is 433 g/mol. The summed E-state index contributed by atoms with van der Waals surface area (Å²) in [6.45, 7) is 2.37. The van der Waals surface area contributed by atoms with Crippen molar-refractivity contribution in [3.8, 4) is 0 Å². The first kappa shape index (κ1) is 20.1. The highest BCUT2D eigenvalue weighted by Gasteiger charge is 2.30. The number of anilines is 3. The summed E-state index contributed by atoms with van der Waals surface area (Å²) in [5.41, 5.74) is -0.238. The average Bonchev–Trinajstić information content (AvgIpc) is 3.28. The number of aromatic nitrogens is 2. The smallest absolute Gasteiger partial charge is 0.345 e. The highest BCUT2D eigenvalue weighted by Crippen LogP contribution is 2.31. The molecule has 0 atom stereocenters. The van der Waals surface area contributed by atoms with Crippen molar-refractivity contribution in [3.05, 3.63) is 65.3 Å². The Labute approximate surface area is 175 Å². The summed E-state index contributed by atoms with van der Waals surface area (Å²) in [5, 5.41) is 5.70. The SMILES string of the molecule is O=C(c1cccnc1Nc1cccc(C(F)(F)F)c1)N1CCN(c2nccs2)CC1. The fourth-order valence-corrected chi connectivity index (χ4v) is 3.93. The normalized spacial score (nSPS) is 14.6. The third-order valence-electron chi connectivity index (χ3n) is 4.75. The van der Waals surface area contributed by atoms with E-state index in [4.69, 9.17) is 0 Å². The molecule has 2 aromatic heterocycles. The molecule has 1 fully saturated rings. The maximum Gasteiger partial charge on any atom is 0.416 e.